The van der Waals surface area contributed by atoms with Crippen LogP contribution in [0.1, 0.15) is 32.4 Å². The Morgan fingerprint density at radius 3 is 2.70 bits per heavy atom. The summed E-state index contributed by atoms with van der Waals surface area (Å²) in [7, 11) is 1.95. The van der Waals surface area contributed by atoms with Crippen LogP contribution >= 0.6 is 0 Å². The average Bonchev–Trinajstić information content (AvgIpc) is 2.90. The van der Waals surface area contributed by atoms with E-state index in [-0.39, 0.29) is 11.6 Å². The van der Waals surface area contributed by atoms with Gasteiger partial charge in [-0.05, 0) is 32.3 Å². The second-order valence-corrected chi connectivity index (χ2v) is 5.81. The molecule has 0 bridgehead atoms. The molecule has 2 rings (SSSR count). The smallest absolute Gasteiger partial charge is 0.0724 e. The standard InChI is InChI=1S/C15H27N3O2/c1-4-15(2,18-9-11-20-12-10-18)14(19)6-5-13-7-8-16-17(13)3/h7-8,14,19H,4-6,9-12H2,1-3H3. The molecule has 114 valence electrons. The first kappa shape index (κ1) is 15.5. The van der Waals surface area contributed by atoms with E-state index in [9.17, 15) is 5.11 Å². The lowest BCUT2D eigenvalue weighted by molar-refractivity contribution is -0.0739. The normalized spacial score (nSPS) is 21.6. The molecule has 2 heterocycles. The van der Waals surface area contributed by atoms with Crippen LogP contribution in [0, 0.1) is 0 Å². The highest BCUT2D eigenvalue weighted by atomic mass is 16.5. The molecule has 1 aliphatic rings. The number of aliphatic hydroxyl groups is 1. The molecule has 0 aliphatic carbocycles. The van der Waals surface area contributed by atoms with E-state index in [1.807, 2.05) is 24.0 Å². The molecule has 5 nitrogen and oxygen atoms in total. The summed E-state index contributed by atoms with van der Waals surface area (Å²) >= 11 is 0. The molecule has 2 atom stereocenters. The summed E-state index contributed by atoms with van der Waals surface area (Å²) in [5, 5.41) is 14.9. The van der Waals surface area contributed by atoms with Gasteiger partial charge in [-0.25, -0.2) is 0 Å². The van der Waals surface area contributed by atoms with Crippen LogP contribution in [0.25, 0.3) is 0 Å². The van der Waals surface area contributed by atoms with Crippen molar-refractivity contribution in [3.05, 3.63) is 18.0 Å². The van der Waals surface area contributed by atoms with Crippen LogP contribution < -0.4 is 0 Å². The third-order valence-corrected chi connectivity index (χ3v) is 4.76. The summed E-state index contributed by atoms with van der Waals surface area (Å²) in [4.78, 5) is 2.38. The van der Waals surface area contributed by atoms with Gasteiger partial charge in [0.25, 0.3) is 0 Å². The van der Waals surface area contributed by atoms with Gasteiger partial charge in [0.2, 0.25) is 0 Å². The van der Waals surface area contributed by atoms with E-state index in [2.05, 4.69) is 23.8 Å². The number of hydrogen-bond acceptors (Lipinski definition) is 4. The van der Waals surface area contributed by atoms with Crippen molar-refractivity contribution in [2.24, 2.45) is 7.05 Å². The highest BCUT2D eigenvalue weighted by molar-refractivity contribution is 5.02. The third-order valence-electron chi connectivity index (χ3n) is 4.76. The van der Waals surface area contributed by atoms with Crippen LogP contribution in [0.2, 0.25) is 0 Å². The fourth-order valence-electron chi connectivity index (χ4n) is 2.99. The van der Waals surface area contributed by atoms with E-state index >= 15 is 0 Å². The molecule has 0 aromatic carbocycles. The van der Waals surface area contributed by atoms with Gasteiger partial charge >= 0.3 is 0 Å². The van der Waals surface area contributed by atoms with E-state index in [0.717, 1.165) is 45.6 Å². The Kier molecular flexibility index (Phi) is 5.18. The summed E-state index contributed by atoms with van der Waals surface area (Å²) in [6.45, 7) is 7.68. The number of rotatable bonds is 6. The first-order valence-electron chi connectivity index (χ1n) is 7.55. The second-order valence-electron chi connectivity index (χ2n) is 5.81. The molecule has 1 aromatic heterocycles. The quantitative estimate of drug-likeness (QED) is 0.851. The van der Waals surface area contributed by atoms with Crippen LogP contribution in [0.5, 0.6) is 0 Å². The molecule has 20 heavy (non-hydrogen) atoms. The highest BCUT2D eigenvalue weighted by Gasteiger charge is 2.37. The van der Waals surface area contributed by atoms with E-state index < -0.39 is 0 Å². The van der Waals surface area contributed by atoms with Gasteiger partial charge in [-0.3, -0.25) is 9.58 Å². The summed E-state index contributed by atoms with van der Waals surface area (Å²) in [6.07, 6.45) is 4.04. The Morgan fingerprint density at radius 1 is 1.45 bits per heavy atom. The molecule has 2 unspecified atom stereocenters. The van der Waals surface area contributed by atoms with Gasteiger partial charge in [0.1, 0.15) is 0 Å². The molecule has 1 N–H and O–H groups in total. The molecule has 1 aliphatic heterocycles. The number of aryl methyl sites for hydroxylation is 2. The van der Waals surface area contributed by atoms with Crippen LogP contribution in [-0.4, -0.2) is 57.7 Å². The zero-order chi connectivity index (χ0) is 14.6. The zero-order valence-electron chi connectivity index (χ0n) is 12.9. The monoisotopic (exact) mass is 281 g/mol. The third kappa shape index (κ3) is 3.22. The maximum atomic E-state index is 10.7. The van der Waals surface area contributed by atoms with Gasteiger partial charge in [-0.2, -0.15) is 5.10 Å². The molecule has 5 heteroatoms. The molecule has 1 saturated heterocycles. The van der Waals surface area contributed by atoms with Crippen molar-refractivity contribution in [2.75, 3.05) is 26.3 Å². The van der Waals surface area contributed by atoms with E-state index in [4.69, 9.17) is 4.74 Å². The zero-order valence-corrected chi connectivity index (χ0v) is 12.9. The van der Waals surface area contributed by atoms with Crippen molar-refractivity contribution in [2.45, 2.75) is 44.8 Å². The number of aromatic nitrogens is 2. The van der Waals surface area contributed by atoms with E-state index in [0.29, 0.717) is 0 Å². The maximum absolute atomic E-state index is 10.7. The Labute approximate surface area is 121 Å². The number of nitrogens with zero attached hydrogens (tertiary/aromatic N) is 3. The van der Waals surface area contributed by atoms with Crippen LogP contribution in [-0.2, 0) is 18.2 Å². The summed E-state index contributed by atoms with van der Waals surface area (Å²) in [5.74, 6) is 0. The summed E-state index contributed by atoms with van der Waals surface area (Å²) in [6, 6.07) is 2.02. The van der Waals surface area contributed by atoms with Crippen LogP contribution in [0.15, 0.2) is 12.3 Å². The van der Waals surface area contributed by atoms with E-state index in [1.54, 1.807) is 0 Å². The lowest BCUT2D eigenvalue weighted by Gasteiger charge is -2.46. The SMILES string of the molecule is CCC(C)(C(O)CCc1ccnn1C)N1CCOCC1. The number of morpholine rings is 1. The van der Waals surface area contributed by atoms with Gasteiger partial charge in [-0.15, -0.1) is 0 Å². The Morgan fingerprint density at radius 2 is 2.15 bits per heavy atom. The predicted molar refractivity (Wildman–Crippen MR) is 78.6 cm³/mol. The fourth-order valence-corrected chi connectivity index (χ4v) is 2.99. The Balaban J connectivity index is 1.96. The molecular formula is C15H27N3O2. The lowest BCUT2D eigenvalue weighted by atomic mass is 9.86. The van der Waals surface area contributed by atoms with Gasteiger partial charge in [0.05, 0.1) is 19.3 Å². The minimum absolute atomic E-state index is 0.164. The lowest BCUT2D eigenvalue weighted by Crippen LogP contribution is -2.57. The van der Waals surface area contributed by atoms with Crippen molar-refractivity contribution in [1.82, 2.24) is 14.7 Å². The summed E-state index contributed by atoms with van der Waals surface area (Å²) in [5.41, 5.74) is 1.01. The molecule has 0 amide bonds. The van der Waals surface area contributed by atoms with Crippen molar-refractivity contribution in [3.8, 4) is 0 Å². The first-order valence-corrected chi connectivity index (χ1v) is 7.55. The van der Waals surface area contributed by atoms with Gasteiger partial charge in [0.15, 0.2) is 0 Å². The minimum atomic E-state index is -0.333. The summed E-state index contributed by atoms with van der Waals surface area (Å²) < 4.78 is 7.30. The van der Waals surface area contributed by atoms with Crippen LogP contribution in [0.4, 0.5) is 0 Å². The maximum Gasteiger partial charge on any atom is 0.0724 e. The van der Waals surface area contributed by atoms with Crippen molar-refractivity contribution < 1.29 is 9.84 Å². The highest BCUT2D eigenvalue weighted by Crippen LogP contribution is 2.27. The number of hydrogen-bond donors (Lipinski definition) is 1. The topological polar surface area (TPSA) is 50.5 Å². The van der Waals surface area contributed by atoms with Crippen molar-refractivity contribution in [3.63, 3.8) is 0 Å². The molecular weight excluding hydrogens is 254 g/mol. The largest absolute Gasteiger partial charge is 0.391 e. The molecule has 0 radical (unpaired) electrons. The molecule has 0 spiro atoms. The minimum Gasteiger partial charge on any atom is -0.391 e. The van der Waals surface area contributed by atoms with Gasteiger partial charge < -0.3 is 9.84 Å². The number of aliphatic hydroxyl groups excluding tert-OH is 1. The first-order chi connectivity index (χ1) is 9.58. The van der Waals surface area contributed by atoms with Crippen molar-refractivity contribution >= 4 is 0 Å². The second kappa shape index (κ2) is 6.70. The Bertz CT molecular complexity index is 415. The molecule has 1 aromatic rings. The van der Waals surface area contributed by atoms with Gasteiger partial charge in [-0.1, -0.05) is 6.92 Å². The van der Waals surface area contributed by atoms with Crippen LogP contribution in [0.3, 0.4) is 0 Å². The molecule has 1 fully saturated rings. The number of ether oxygens (including phenoxy) is 1. The molecule has 0 saturated carbocycles. The fraction of sp³-hybridized carbons (Fsp3) is 0.800. The average molecular weight is 281 g/mol. The van der Waals surface area contributed by atoms with Gasteiger partial charge in [0, 0.05) is 37.6 Å². The predicted octanol–water partition coefficient (Wildman–Crippen LogP) is 1.21. The Hall–Kier alpha value is -0.910. The van der Waals surface area contributed by atoms with Crippen molar-refractivity contribution in [1.29, 1.82) is 0 Å². The van der Waals surface area contributed by atoms with E-state index in [1.165, 1.54) is 5.69 Å².